The molecule has 0 spiro atoms. The van der Waals surface area contributed by atoms with Gasteiger partial charge in [-0.3, -0.25) is 0 Å². The van der Waals surface area contributed by atoms with Crippen LogP contribution in [0, 0.1) is 0 Å². The van der Waals surface area contributed by atoms with E-state index in [9.17, 15) is 14.4 Å². The van der Waals surface area contributed by atoms with Gasteiger partial charge >= 0.3 is 18.0 Å². The Morgan fingerprint density at radius 3 is 2.26 bits per heavy atom. The molecule has 0 bridgehead atoms. The average Bonchev–Trinajstić information content (AvgIpc) is 2.83. The minimum absolute atomic E-state index is 0.125. The molecule has 19 heavy (non-hydrogen) atoms. The van der Waals surface area contributed by atoms with E-state index in [1.807, 2.05) is 0 Å². The highest BCUT2D eigenvalue weighted by atomic mass is 16.6. The van der Waals surface area contributed by atoms with Crippen LogP contribution in [-0.4, -0.2) is 48.1 Å². The van der Waals surface area contributed by atoms with Gasteiger partial charge in [0.15, 0.2) is 11.4 Å². The maximum Gasteiger partial charge on any atom is 0.435 e. The fourth-order valence-corrected chi connectivity index (χ4v) is 1.26. The summed E-state index contributed by atoms with van der Waals surface area (Å²) in [7, 11) is 1.13. The average molecular weight is 270 g/mol. The summed E-state index contributed by atoms with van der Waals surface area (Å²) in [6.45, 7) is 3.52. The first-order valence-electron chi connectivity index (χ1n) is 5.57. The van der Waals surface area contributed by atoms with Crippen molar-refractivity contribution in [2.45, 2.75) is 13.8 Å². The molecule has 0 aliphatic carbocycles. The van der Waals surface area contributed by atoms with E-state index >= 15 is 0 Å². The molecule has 1 aromatic heterocycles. The molecule has 0 atom stereocenters. The standard InChI is InChI=1S/C11H14N2O6/c1-4-18-9(14)7-6-8(10(15)19-5-2)13(12-7)11(16)17-3/h6H,4-5H2,1-3H3. The molecule has 0 aliphatic rings. The molecule has 0 saturated carbocycles. The van der Waals surface area contributed by atoms with Crippen LogP contribution in [0.4, 0.5) is 4.79 Å². The molecule has 8 heteroatoms. The summed E-state index contributed by atoms with van der Waals surface area (Å²) in [5.74, 6) is -1.52. The van der Waals surface area contributed by atoms with Crippen molar-refractivity contribution < 1.29 is 28.6 Å². The SMILES string of the molecule is CCOC(=O)c1cc(C(=O)OCC)n(C(=O)OC)n1. The van der Waals surface area contributed by atoms with Crippen LogP contribution in [0.5, 0.6) is 0 Å². The zero-order chi connectivity index (χ0) is 14.4. The predicted octanol–water partition coefficient (Wildman–Crippen LogP) is 0.851. The molecule has 104 valence electrons. The minimum Gasteiger partial charge on any atom is -0.461 e. The van der Waals surface area contributed by atoms with Gasteiger partial charge in [-0.15, -0.1) is 0 Å². The molecular formula is C11H14N2O6. The fourth-order valence-electron chi connectivity index (χ4n) is 1.26. The molecule has 0 saturated heterocycles. The number of aromatic nitrogens is 2. The quantitative estimate of drug-likeness (QED) is 0.591. The number of ether oxygens (including phenoxy) is 3. The summed E-state index contributed by atoms with van der Waals surface area (Å²) in [6.07, 6.45) is -0.904. The summed E-state index contributed by atoms with van der Waals surface area (Å²) < 4.78 is 14.6. The Bertz CT molecular complexity index is 493. The van der Waals surface area contributed by atoms with Crippen LogP contribution in [0.1, 0.15) is 34.8 Å². The maximum atomic E-state index is 11.6. The number of hydrogen-bond acceptors (Lipinski definition) is 7. The maximum absolute atomic E-state index is 11.6. The molecule has 0 fully saturated rings. The van der Waals surface area contributed by atoms with Gasteiger partial charge in [0.1, 0.15) is 0 Å². The Labute approximate surface area is 109 Å². The van der Waals surface area contributed by atoms with Crippen molar-refractivity contribution in [1.29, 1.82) is 0 Å². The third-order valence-corrected chi connectivity index (χ3v) is 2.03. The number of nitrogens with zero attached hydrogens (tertiary/aromatic N) is 2. The molecule has 0 aromatic carbocycles. The zero-order valence-corrected chi connectivity index (χ0v) is 10.8. The van der Waals surface area contributed by atoms with Crippen LogP contribution in [0.25, 0.3) is 0 Å². The molecule has 1 aromatic rings. The Morgan fingerprint density at radius 1 is 1.16 bits per heavy atom. The first-order chi connectivity index (χ1) is 9.04. The Balaban J connectivity index is 3.16. The highest BCUT2D eigenvalue weighted by Gasteiger charge is 2.24. The molecule has 0 N–H and O–H groups in total. The van der Waals surface area contributed by atoms with Gasteiger partial charge in [-0.1, -0.05) is 0 Å². The van der Waals surface area contributed by atoms with Gasteiger partial charge in [0.2, 0.25) is 0 Å². The Hall–Kier alpha value is -2.38. The number of methoxy groups -OCH3 is 1. The second-order valence-electron chi connectivity index (χ2n) is 3.24. The first-order valence-corrected chi connectivity index (χ1v) is 5.57. The van der Waals surface area contributed by atoms with E-state index in [0.717, 1.165) is 13.2 Å². The summed E-state index contributed by atoms with van der Waals surface area (Å²) in [6, 6.07) is 1.12. The van der Waals surface area contributed by atoms with Crippen LogP contribution in [-0.2, 0) is 14.2 Å². The number of rotatable bonds is 4. The van der Waals surface area contributed by atoms with Crippen LogP contribution in [0.3, 0.4) is 0 Å². The van der Waals surface area contributed by atoms with Gasteiger partial charge in [0, 0.05) is 6.07 Å². The molecule has 8 nitrogen and oxygen atoms in total. The van der Waals surface area contributed by atoms with Gasteiger partial charge in [-0.2, -0.15) is 9.78 Å². The Kier molecular flexibility index (Phi) is 5.04. The van der Waals surface area contributed by atoms with Crippen molar-refractivity contribution >= 4 is 18.0 Å². The molecule has 0 amide bonds. The van der Waals surface area contributed by atoms with E-state index in [2.05, 4.69) is 9.84 Å². The van der Waals surface area contributed by atoms with Crippen molar-refractivity contribution in [3.63, 3.8) is 0 Å². The lowest BCUT2D eigenvalue weighted by molar-refractivity contribution is 0.0505. The fraction of sp³-hybridized carbons (Fsp3) is 0.455. The summed E-state index contributed by atoms with van der Waals surface area (Å²) in [5.41, 5.74) is -0.368. The molecular weight excluding hydrogens is 256 g/mol. The monoisotopic (exact) mass is 270 g/mol. The first kappa shape index (κ1) is 14.7. The van der Waals surface area contributed by atoms with Crippen molar-refractivity contribution in [2.75, 3.05) is 20.3 Å². The Morgan fingerprint density at radius 2 is 1.74 bits per heavy atom. The third-order valence-electron chi connectivity index (χ3n) is 2.03. The van der Waals surface area contributed by atoms with Crippen molar-refractivity contribution in [2.24, 2.45) is 0 Å². The highest BCUT2D eigenvalue weighted by Crippen LogP contribution is 2.09. The van der Waals surface area contributed by atoms with Gasteiger partial charge in [0.25, 0.3) is 0 Å². The predicted molar refractivity (Wildman–Crippen MR) is 61.9 cm³/mol. The normalized spacial score (nSPS) is 9.84. The van der Waals surface area contributed by atoms with E-state index < -0.39 is 18.0 Å². The van der Waals surface area contributed by atoms with Crippen LogP contribution in [0.15, 0.2) is 6.07 Å². The molecule has 0 unspecified atom stereocenters. The largest absolute Gasteiger partial charge is 0.461 e. The lowest BCUT2D eigenvalue weighted by Crippen LogP contribution is -2.20. The molecule has 0 aliphatic heterocycles. The van der Waals surface area contributed by atoms with Gasteiger partial charge in [-0.05, 0) is 13.8 Å². The number of esters is 2. The number of carbonyl (C=O) groups excluding carboxylic acids is 3. The zero-order valence-electron chi connectivity index (χ0n) is 10.8. The smallest absolute Gasteiger partial charge is 0.435 e. The molecule has 1 rings (SSSR count). The van der Waals surface area contributed by atoms with Gasteiger partial charge in [-0.25, -0.2) is 14.4 Å². The summed E-state index contributed by atoms with van der Waals surface area (Å²) in [4.78, 5) is 34.6. The minimum atomic E-state index is -0.904. The number of carbonyl (C=O) groups is 3. The van der Waals surface area contributed by atoms with Crippen molar-refractivity contribution in [1.82, 2.24) is 9.78 Å². The van der Waals surface area contributed by atoms with E-state index in [1.165, 1.54) is 0 Å². The van der Waals surface area contributed by atoms with E-state index in [-0.39, 0.29) is 24.6 Å². The van der Waals surface area contributed by atoms with E-state index in [0.29, 0.717) is 4.68 Å². The second-order valence-corrected chi connectivity index (χ2v) is 3.24. The lowest BCUT2D eigenvalue weighted by atomic mass is 10.3. The topological polar surface area (TPSA) is 96.7 Å². The highest BCUT2D eigenvalue weighted by molar-refractivity contribution is 5.96. The molecule has 1 heterocycles. The van der Waals surface area contributed by atoms with Gasteiger partial charge in [0.05, 0.1) is 20.3 Å². The van der Waals surface area contributed by atoms with Crippen LogP contribution >= 0.6 is 0 Å². The molecule has 0 radical (unpaired) electrons. The third kappa shape index (κ3) is 3.30. The number of hydrogen-bond donors (Lipinski definition) is 0. The van der Waals surface area contributed by atoms with Crippen LogP contribution in [0.2, 0.25) is 0 Å². The van der Waals surface area contributed by atoms with E-state index in [1.54, 1.807) is 13.8 Å². The van der Waals surface area contributed by atoms with Crippen LogP contribution < -0.4 is 0 Å². The summed E-state index contributed by atoms with van der Waals surface area (Å²) in [5, 5.41) is 3.67. The van der Waals surface area contributed by atoms with Crippen molar-refractivity contribution in [3.8, 4) is 0 Å². The summed E-state index contributed by atoms with van der Waals surface area (Å²) >= 11 is 0. The second kappa shape index (κ2) is 6.53. The van der Waals surface area contributed by atoms with E-state index in [4.69, 9.17) is 9.47 Å². The lowest BCUT2D eigenvalue weighted by Gasteiger charge is -2.03. The van der Waals surface area contributed by atoms with Gasteiger partial charge < -0.3 is 14.2 Å². The van der Waals surface area contributed by atoms with Crippen molar-refractivity contribution in [3.05, 3.63) is 17.5 Å².